The highest BCUT2D eigenvalue weighted by Gasteiger charge is 2.14. The first-order valence-electron chi connectivity index (χ1n) is 7.30. The van der Waals surface area contributed by atoms with Crippen LogP contribution in [0.25, 0.3) is 0 Å². The third-order valence-corrected chi connectivity index (χ3v) is 4.46. The summed E-state index contributed by atoms with van der Waals surface area (Å²) < 4.78 is 0.996. The van der Waals surface area contributed by atoms with Crippen LogP contribution in [-0.2, 0) is 0 Å². The fraction of sp³-hybridized carbons (Fsp3) is 0.353. The van der Waals surface area contributed by atoms with E-state index >= 15 is 0 Å². The van der Waals surface area contributed by atoms with E-state index in [4.69, 9.17) is 0 Å². The molecule has 0 spiro atoms. The maximum absolute atomic E-state index is 4.33. The van der Waals surface area contributed by atoms with Crippen LogP contribution in [0.15, 0.2) is 47.1 Å². The minimum atomic E-state index is 0.767. The Bertz CT molecular complexity index is 542. The first-order valence-corrected chi connectivity index (χ1v) is 8.09. The Labute approximate surface area is 128 Å². The van der Waals surface area contributed by atoms with Crippen molar-refractivity contribution >= 4 is 27.4 Å². The van der Waals surface area contributed by atoms with Gasteiger partial charge in [0, 0.05) is 16.4 Å². The van der Waals surface area contributed by atoms with Gasteiger partial charge in [-0.15, -0.1) is 0 Å². The molecule has 2 aromatic rings. The molecule has 0 atom stereocenters. The highest BCUT2D eigenvalue weighted by molar-refractivity contribution is 9.10. The highest BCUT2D eigenvalue weighted by atomic mass is 79.9. The van der Waals surface area contributed by atoms with Gasteiger partial charge in [-0.3, -0.25) is 0 Å². The molecule has 1 aromatic heterocycles. The van der Waals surface area contributed by atoms with E-state index in [9.17, 15) is 0 Å². The van der Waals surface area contributed by atoms with Crippen molar-refractivity contribution in [1.82, 2.24) is 4.98 Å². The predicted molar refractivity (Wildman–Crippen MR) is 87.5 cm³/mol. The number of halogens is 1. The zero-order valence-corrected chi connectivity index (χ0v) is 13.1. The lowest BCUT2D eigenvalue weighted by Crippen LogP contribution is -2.04. The van der Waals surface area contributed by atoms with Crippen molar-refractivity contribution in [2.45, 2.75) is 38.0 Å². The van der Waals surface area contributed by atoms with Gasteiger partial charge in [-0.1, -0.05) is 31.4 Å². The van der Waals surface area contributed by atoms with Crippen molar-refractivity contribution < 1.29 is 0 Å². The molecule has 0 radical (unpaired) electrons. The molecule has 3 heteroatoms. The van der Waals surface area contributed by atoms with Gasteiger partial charge >= 0.3 is 0 Å². The quantitative estimate of drug-likeness (QED) is 0.788. The molecule has 0 aliphatic heterocycles. The normalized spacial score (nSPS) is 16.1. The molecule has 2 nitrogen and oxygen atoms in total. The lowest BCUT2D eigenvalue weighted by Gasteiger charge is -2.22. The van der Waals surface area contributed by atoms with Gasteiger partial charge in [-0.25, -0.2) is 4.98 Å². The van der Waals surface area contributed by atoms with Gasteiger partial charge < -0.3 is 5.32 Å². The molecular weight excluding hydrogens is 312 g/mol. The standard InChI is InChI=1S/C17H19BrN2/c18-15-8-11-17(19-12-15)20-16-9-6-14(7-10-16)13-4-2-1-3-5-13/h6-13H,1-5H2,(H,19,20). The van der Waals surface area contributed by atoms with E-state index in [0.717, 1.165) is 21.9 Å². The third kappa shape index (κ3) is 3.40. The van der Waals surface area contributed by atoms with Crippen LogP contribution in [0, 0.1) is 0 Å². The number of nitrogens with zero attached hydrogens (tertiary/aromatic N) is 1. The number of pyridine rings is 1. The zero-order chi connectivity index (χ0) is 13.8. The van der Waals surface area contributed by atoms with Crippen LogP contribution in [0.5, 0.6) is 0 Å². The summed E-state index contributed by atoms with van der Waals surface area (Å²) in [6.45, 7) is 0. The van der Waals surface area contributed by atoms with Crippen LogP contribution in [0.3, 0.4) is 0 Å². The number of hydrogen-bond donors (Lipinski definition) is 1. The number of benzene rings is 1. The largest absolute Gasteiger partial charge is 0.340 e. The lowest BCUT2D eigenvalue weighted by atomic mass is 9.84. The van der Waals surface area contributed by atoms with Crippen LogP contribution < -0.4 is 5.32 Å². The second-order valence-corrected chi connectivity index (χ2v) is 6.36. The smallest absolute Gasteiger partial charge is 0.130 e. The topological polar surface area (TPSA) is 24.9 Å². The molecule has 1 aliphatic carbocycles. The van der Waals surface area contributed by atoms with Gasteiger partial charge in [-0.05, 0) is 64.5 Å². The summed E-state index contributed by atoms with van der Waals surface area (Å²) in [4.78, 5) is 4.33. The zero-order valence-electron chi connectivity index (χ0n) is 11.5. The van der Waals surface area contributed by atoms with Crippen LogP contribution >= 0.6 is 15.9 Å². The van der Waals surface area contributed by atoms with Crippen molar-refractivity contribution in [1.29, 1.82) is 0 Å². The molecule has 1 aromatic carbocycles. The molecule has 0 unspecified atom stereocenters. The Morgan fingerprint density at radius 2 is 1.70 bits per heavy atom. The molecule has 1 saturated carbocycles. The van der Waals surface area contributed by atoms with Crippen LogP contribution in [0.1, 0.15) is 43.6 Å². The fourth-order valence-electron chi connectivity index (χ4n) is 2.87. The maximum Gasteiger partial charge on any atom is 0.130 e. The van der Waals surface area contributed by atoms with E-state index in [0.29, 0.717) is 0 Å². The summed E-state index contributed by atoms with van der Waals surface area (Å²) >= 11 is 3.39. The fourth-order valence-corrected chi connectivity index (χ4v) is 3.11. The maximum atomic E-state index is 4.33. The molecule has 1 aliphatic rings. The minimum Gasteiger partial charge on any atom is -0.340 e. The Hall–Kier alpha value is -1.35. The van der Waals surface area contributed by atoms with E-state index in [1.54, 1.807) is 6.20 Å². The molecule has 104 valence electrons. The van der Waals surface area contributed by atoms with Gasteiger partial charge in [0.15, 0.2) is 0 Å². The molecule has 0 saturated heterocycles. The van der Waals surface area contributed by atoms with E-state index < -0.39 is 0 Å². The monoisotopic (exact) mass is 330 g/mol. The van der Waals surface area contributed by atoms with Crippen molar-refractivity contribution in [3.8, 4) is 0 Å². The summed E-state index contributed by atoms with van der Waals surface area (Å²) in [6.07, 6.45) is 8.67. The highest BCUT2D eigenvalue weighted by Crippen LogP contribution is 2.33. The van der Waals surface area contributed by atoms with Gasteiger partial charge in [0.05, 0.1) is 0 Å². The molecular formula is C17H19BrN2. The predicted octanol–water partition coefficient (Wildman–Crippen LogP) is 5.64. The average molecular weight is 331 g/mol. The summed E-state index contributed by atoms with van der Waals surface area (Å²) in [5.41, 5.74) is 2.58. The molecule has 1 fully saturated rings. The summed E-state index contributed by atoms with van der Waals surface area (Å²) in [5.74, 6) is 1.64. The van der Waals surface area contributed by atoms with E-state index in [-0.39, 0.29) is 0 Å². The van der Waals surface area contributed by atoms with Crippen molar-refractivity contribution in [2.75, 3.05) is 5.32 Å². The molecule has 0 bridgehead atoms. The van der Waals surface area contributed by atoms with Crippen molar-refractivity contribution in [3.05, 3.63) is 52.6 Å². The van der Waals surface area contributed by atoms with Crippen molar-refractivity contribution in [3.63, 3.8) is 0 Å². The Morgan fingerprint density at radius 1 is 0.950 bits per heavy atom. The second-order valence-electron chi connectivity index (χ2n) is 5.44. The molecule has 1 N–H and O–H groups in total. The van der Waals surface area contributed by atoms with Gasteiger partial charge in [0.2, 0.25) is 0 Å². The summed E-state index contributed by atoms with van der Waals surface area (Å²) in [6, 6.07) is 12.8. The van der Waals surface area contributed by atoms with Crippen LogP contribution in [-0.4, -0.2) is 4.98 Å². The van der Waals surface area contributed by atoms with Gasteiger partial charge in [0.25, 0.3) is 0 Å². The molecule has 20 heavy (non-hydrogen) atoms. The van der Waals surface area contributed by atoms with E-state index in [2.05, 4.69) is 50.5 Å². The van der Waals surface area contributed by atoms with Crippen molar-refractivity contribution in [2.24, 2.45) is 0 Å². The number of anilines is 2. The minimum absolute atomic E-state index is 0.767. The van der Waals surface area contributed by atoms with Gasteiger partial charge in [0.1, 0.15) is 5.82 Å². The molecule has 1 heterocycles. The summed E-state index contributed by atoms with van der Waals surface area (Å²) in [5, 5.41) is 3.33. The summed E-state index contributed by atoms with van der Waals surface area (Å²) in [7, 11) is 0. The average Bonchev–Trinajstić information content (AvgIpc) is 2.51. The van der Waals surface area contributed by atoms with E-state index in [1.807, 2.05) is 12.1 Å². The lowest BCUT2D eigenvalue weighted by molar-refractivity contribution is 0.443. The Morgan fingerprint density at radius 3 is 2.35 bits per heavy atom. The van der Waals surface area contributed by atoms with E-state index in [1.165, 1.54) is 37.7 Å². The first kappa shape index (κ1) is 13.6. The Kier molecular flexibility index (Phi) is 4.36. The second kappa shape index (κ2) is 6.40. The molecule has 3 rings (SSSR count). The number of aromatic nitrogens is 1. The number of nitrogens with one attached hydrogen (secondary N) is 1. The van der Waals surface area contributed by atoms with Crippen LogP contribution in [0.2, 0.25) is 0 Å². The van der Waals surface area contributed by atoms with Crippen LogP contribution in [0.4, 0.5) is 11.5 Å². The SMILES string of the molecule is Brc1ccc(Nc2ccc(C3CCCCC3)cc2)nc1. The molecule has 0 amide bonds. The number of rotatable bonds is 3. The Balaban J connectivity index is 1.67. The first-order chi connectivity index (χ1) is 9.81. The number of hydrogen-bond acceptors (Lipinski definition) is 2. The van der Waals surface area contributed by atoms with Gasteiger partial charge in [-0.2, -0.15) is 0 Å². The third-order valence-electron chi connectivity index (χ3n) is 3.99.